The first-order valence-electron chi connectivity index (χ1n) is 18.4. The van der Waals surface area contributed by atoms with E-state index < -0.39 is 180 Å². The fraction of sp³-hybridized carbons (Fsp3) is 0.806. The molecule has 4 fully saturated rings. The van der Waals surface area contributed by atoms with E-state index in [9.17, 15) is 91.1 Å². The van der Waals surface area contributed by atoms with Gasteiger partial charge in [-0.3, -0.25) is 18.0 Å². The Labute approximate surface area is 361 Å². The summed E-state index contributed by atoms with van der Waals surface area (Å²) < 4.78 is 120. The SMILES string of the molecule is C=CCO[C@@H]1OC(COS(=O)(=O)[O-])[C@H](O)[C@H](O[C@@H]2OC(C(=O)[O-])[C@H](O[C@@H]3OC(COS(=O)(=O)[O-])[C@H](O)[C@H](O[C@@H]4OC(C(=O)[O-])[C@H](O)[C@H](O)C4O)C3NC(C)=O)[C@H](O)C2O)C1NC(C)=O. The zero-order valence-electron chi connectivity index (χ0n) is 32.9. The van der Waals surface area contributed by atoms with Gasteiger partial charge in [-0.1, -0.05) is 6.08 Å². The monoisotopic (exact) mass is 972 g/mol. The summed E-state index contributed by atoms with van der Waals surface area (Å²) in [6.45, 7) is 2.30. The van der Waals surface area contributed by atoms with Gasteiger partial charge in [0.1, 0.15) is 97.5 Å². The molecule has 0 saturated carbocycles. The van der Waals surface area contributed by atoms with Gasteiger partial charge in [0, 0.05) is 13.8 Å². The zero-order chi connectivity index (χ0) is 48.2. The maximum atomic E-state index is 12.6. The minimum absolute atomic E-state index is 0.338. The van der Waals surface area contributed by atoms with Gasteiger partial charge in [-0.15, -0.1) is 6.58 Å². The molecule has 20 atom stereocenters. The Balaban J connectivity index is 1.70. The number of carboxylic acid groups (broad SMARTS) is 2. The van der Waals surface area contributed by atoms with Crippen LogP contribution >= 0.6 is 0 Å². The fourth-order valence-corrected chi connectivity index (χ4v) is 7.44. The van der Waals surface area contributed by atoms with E-state index in [1.54, 1.807) is 0 Å². The molecule has 2 amide bonds. The van der Waals surface area contributed by atoms with E-state index in [0.717, 1.165) is 13.8 Å². The zero-order valence-corrected chi connectivity index (χ0v) is 34.5. The number of hydrogen-bond donors (Lipinski definition) is 9. The van der Waals surface area contributed by atoms with Crippen molar-refractivity contribution in [1.82, 2.24) is 10.6 Å². The molecule has 368 valence electrons. The van der Waals surface area contributed by atoms with Gasteiger partial charge in [0.05, 0.1) is 31.8 Å². The van der Waals surface area contributed by atoms with E-state index in [1.807, 2.05) is 0 Å². The lowest BCUT2D eigenvalue weighted by atomic mass is 9.94. The summed E-state index contributed by atoms with van der Waals surface area (Å²) in [4.78, 5) is 48.9. The Hall–Kier alpha value is -3.24. The Morgan fingerprint density at radius 1 is 0.578 bits per heavy atom. The van der Waals surface area contributed by atoms with Gasteiger partial charge in [0.2, 0.25) is 32.6 Å². The third kappa shape index (κ3) is 13.4. The molecule has 64 heavy (non-hydrogen) atoms. The molecule has 31 nitrogen and oxygen atoms in total. The Bertz CT molecular complexity index is 1880. The molecule has 33 heteroatoms. The summed E-state index contributed by atoms with van der Waals surface area (Å²) in [7, 11) is -11.0. The Kier molecular flexibility index (Phi) is 18.4. The molecule has 0 bridgehead atoms. The lowest BCUT2D eigenvalue weighted by molar-refractivity contribution is -0.386. The molecule has 4 aliphatic rings. The second-order valence-corrected chi connectivity index (χ2v) is 16.4. The normalized spacial score (nSPS) is 40.8. The van der Waals surface area contributed by atoms with E-state index in [4.69, 9.17) is 37.9 Å². The molecule has 4 saturated heterocycles. The summed E-state index contributed by atoms with van der Waals surface area (Å²) >= 11 is 0. The molecule has 4 aliphatic heterocycles. The summed E-state index contributed by atoms with van der Waals surface area (Å²) in [5.41, 5.74) is 0. The van der Waals surface area contributed by atoms with E-state index in [-0.39, 0.29) is 6.61 Å². The highest BCUT2D eigenvalue weighted by atomic mass is 32.3. The standard InChI is InChI=1S/C31H48N2O29S2/c1-4-5-53-28-12(32-8(2)34)21(14(36)10(56-28)6-54-63(47,48)49)58-31-20(42)18(40)23(25(62-31)27(45)46)60-29-13(33-9(3)35)22(15(37)11(57-29)7-55-64(50,51)52)59-30-19(41)16(38)17(39)24(61-30)26(43)44/h4,10-25,28-31,36-42H,1,5-7H2,2-3H3,(H,32,34)(H,33,35)(H,43,44)(H,45,46)(H,47,48,49)(H,50,51,52)/p-4/t10?,11?,12?,13?,14-,15-,16-,17+,18+,19?,20?,21+,22+,23+,24?,25?,28+,29-,30+,31+/m0/s1. The first-order chi connectivity index (χ1) is 29.6. The fourth-order valence-electron chi connectivity index (χ4n) is 6.84. The number of carbonyl (C=O) groups is 4. The summed E-state index contributed by atoms with van der Waals surface area (Å²) in [6.07, 6.45) is -40.0. The van der Waals surface area contributed by atoms with Gasteiger partial charge < -0.3 is 113 Å². The molecule has 4 heterocycles. The van der Waals surface area contributed by atoms with Crippen LogP contribution in [0, 0.1) is 0 Å². The van der Waals surface area contributed by atoms with Crippen molar-refractivity contribution in [1.29, 1.82) is 0 Å². The maximum absolute atomic E-state index is 12.6. The van der Waals surface area contributed by atoms with Crippen molar-refractivity contribution >= 4 is 44.6 Å². The van der Waals surface area contributed by atoms with Gasteiger partial charge in [-0.05, 0) is 0 Å². The van der Waals surface area contributed by atoms with Crippen LogP contribution in [-0.2, 0) is 86.2 Å². The second-order valence-electron chi connectivity index (χ2n) is 14.3. The number of amides is 2. The predicted molar refractivity (Wildman–Crippen MR) is 184 cm³/mol. The topological polar surface area (TPSA) is 487 Å². The molecule has 0 aromatic carbocycles. The first-order valence-corrected chi connectivity index (χ1v) is 21.1. The molecule has 4 rings (SSSR count). The van der Waals surface area contributed by atoms with E-state index in [2.05, 4.69) is 25.6 Å². The lowest BCUT2D eigenvalue weighted by Gasteiger charge is -2.50. The van der Waals surface area contributed by atoms with Crippen LogP contribution in [0.15, 0.2) is 12.7 Å². The van der Waals surface area contributed by atoms with Crippen molar-refractivity contribution in [2.45, 2.75) is 137 Å². The summed E-state index contributed by atoms with van der Waals surface area (Å²) in [5.74, 6) is -6.31. The third-order valence-electron chi connectivity index (χ3n) is 9.67. The molecular weight excluding hydrogens is 928 g/mol. The van der Waals surface area contributed by atoms with Crippen molar-refractivity contribution in [2.24, 2.45) is 0 Å². The molecule has 8 unspecified atom stereocenters. The highest BCUT2D eigenvalue weighted by molar-refractivity contribution is 7.81. The molecule has 0 aromatic rings. The van der Waals surface area contributed by atoms with Crippen molar-refractivity contribution in [3.05, 3.63) is 12.7 Å². The van der Waals surface area contributed by atoms with Gasteiger partial charge in [-0.2, -0.15) is 0 Å². The summed E-state index contributed by atoms with van der Waals surface area (Å²) in [5, 5.41) is 105. The van der Waals surface area contributed by atoms with Crippen LogP contribution in [0.3, 0.4) is 0 Å². The molecule has 0 aromatic heterocycles. The Morgan fingerprint density at radius 2 is 0.984 bits per heavy atom. The highest BCUT2D eigenvalue weighted by Crippen LogP contribution is 2.35. The number of rotatable bonds is 19. The number of carbonyl (C=O) groups excluding carboxylic acids is 4. The smallest absolute Gasteiger partial charge is 0.217 e. The lowest BCUT2D eigenvalue weighted by Crippen LogP contribution is -2.71. The average molecular weight is 973 g/mol. The average Bonchev–Trinajstić information content (AvgIpc) is 3.18. The van der Waals surface area contributed by atoms with E-state index >= 15 is 0 Å². The van der Waals surface area contributed by atoms with Crippen LogP contribution < -0.4 is 20.8 Å². The predicted octanol–water partition coefficient (Wildman–Crippen LogP) is -11.8. The van der Waals surface area contributed by atoms with E-state index in [0.29, 0.717) is 0 Å². The number of aliphatic hydroxyl groups is 7. The van der Waals surface area contributed by atoms with Crippen molar-refractivity contribution < 1.29 is 137 Å². The number of aliphatic hydroxyl groups excluding tert-OH is 7. The molecule has 9 N–H and O–H groups in total. The molecule has 0 spiro atoms. The number of aliphatic carboxylic acids is 2. The second kappa shape index (κ2) is 22.0. The van der Waals surface area contributed by atoms with Crippen LogP contribution in [0.1, 0.15) is 13.8 Å². The van der Waals surface area contributed by atoms with Gasteiger partial charge in [-0.25, -0.2) is 16.8 Å². The highest BCUT2D eigenvalue weighted by Gasteiger charge is 2.56. The Morgan fingerprint density at radius 3 is 1.41 bits per heavy atom. The largest absolute Gasteiger partial charge is 0.726 e. The van der Waals surface area contributed by atoms with Crippen LogP contribution in [0.5, 0.6) is 0 Å². The van der Waals surface area contributed by atoms with Crippen LogP contribution in [0.2, 0.25) is 0 Å². The minimum atomic E-state index is -5.59. The molecule has 0 aliphatic carbocycles. The van der Waals surface area contributed by atoms with Crippen LogP contribution in [0.25, 0.3) is 0 Å². The van der Waals surface area contributed by atoms with Crippen molar-refractivity contribution in [3.8, 4) is 0 Å². The summed E-state index contributed by atoms with van der Waals surface area (Å²) in [6, 6.07) is -3.72. The number of carboxylic acids is 2. The molecular formula is C31H44N2O29S2-4. The maximum Gasteiger partial charge on any atom is 0.217 e. The van der Waals surface area contributed by atoms with Gasteiger partial charge >= 0.3 is 0 Å². The quantitative estimate of drug-likeness (QED) is 0.0330. The van der Waals surface area contributed by atoms with Gasteiger partial charge in [0.25, 0.3) is 0 Å². The minimum Gasteiger partial charge on any atom is -0.726 e. The first kappa shape index (κ1) is 53.4. The van der Waals surface area contributed by atoms with Crippen molar-refractivity contribution in [3.63, 3.8) is 0 Å². The number of hydrogen-bond acceptors (Lipinski definition) is 29. The van der Waals surface area contributed by atoms with Crippen LogP contribution in [-0.4, -0.2) is 228 Å². The number of ether oxygens (including phenoxy) is 8. The van der Waals surface area contributed by atoms with Gasteiger partial charge in [0.15, 0.2) is 25.2 Å². The molecule has 0 radical (unpaired) electrons. The number of nitrogens with one attached hydrogen (secondary N) is 2. The van der Waals surface area contributed by atoms with Crippen molar-refractivity contribution in [2.75, 3.05) is 19.8 Å². The third-order valence-corrected chi connectivity index (χ3v) is 10.5. The van der Waals surface area contributed by atoms with E-state index in [1.165, 1.54) is 6.08 Å². The van der Waals surface area contributed by atoms with Crippen LogP contribution in [0.4, 0.5) is 0 Å².